The zero-order chi connectivity index (χ0) is 16.7. The third kappa shape index (κ3) is 5.54. The summed E-state index contributed by atoms with van der Waals surface area (Å²) in [5.41, 5.74) is 2.65. The SMILES string of the molecule is COC(=O)CC(=O)Nc1ccc(CCc2cccc(F)c2)cc1. The van der Waals surface area contributed by atoms with E-state index >= 15 is 0 Å². The van der Waals surface area contributed by atoms with Crippen LogP contribution in [-0.4, -0.2) is 19.0 Å². The normalized spacial score (nSPS) is 10.2. The van der Waals surface area contributed by atoms with Gasteiger partial charge in [-0.05, 0) is 48.2 Å². The standard InChI is InChI=1S/C18H18FNO3/c1-23-18(22)12-17(21)20-16-9-7-13(8-10-16)5-6-14-3-2-4-15(19)11-14/h2-4,7-11H,5-6,12H2,1H3,(H,20,21). The predicted octanol–water partition coefficient (Wildman–Crippen LogP) is 3.11. The summed E-state index contributed by atoms with van der Waals surface area (Å²) in [6.45, 7) is 0. The monoisotopic (exact) mass is 315 g/mol. The van der Waals surface area contributed by atoms with Crippen molar-refractivity contribution >= 4 is 17.6 Å². The fourth-order valence-electron chi connectivity index (χ4n) is 2.14. The summed E-state index contributed by atoms with van der Waals surface area (Å²) in [6.07, 6.45) is 1.21. The van der Waals surface area contributed by atoms with E-state index in [2.05, 4.69) is 10.1 Å². The first-order valence-electron chi connectivity index (χ1n) is 7.27. The summed E-state index contributed by atoms with van der Waals surface area (Å²) in [6, 6.07) is 13.9. The molecule has 0 radical (unpaired) electrons. The Kier molecular flexibility index (Phi) is 5.86. The van der Waals surface area contributed by atoms with E-state index in [9.17, 15) is 14.0 Å². The van der Waals surface area contributed by atoms with E-state index in [-0.39, 0.29) is 12.2 Å². The molecular formula is C18H18FNO3. The summed E-state index contributed by atoms with van der Waals surface area (Å²) in [4.78, 5) is 22.6. The number of hydrogen-bond acceptors (Lipinski definition) is 3. The number of hydrogen-bond donors (Lipinski definition) is 1. The molecule has 0 fully saturated rings. The highest BCUT2D eigenvalue weighted by Crippen LogP contribution is 2.13. The number of benzene rings is 2. The molecule has 5 heteroatoms. The number of ether oxygens (including phenoxy) is 1. The Morgan fingerprint density at radius 2 is 1.74 bits per heavy atom. The van der Waals surface area contributed by atoms with Crippen LogP contribution in [0.2, 0.25) is 0 Å². The zero-order valence-electron chi connectivity index (χ0n) is 12.8. The lowest BCUT2D eigenvalue weighted by molar-refractivity contribution is -0.142. The molecular weight excluding hydrogens is 297 g/mol. The minimum atomic E-state index is -0.575. The Hall–Kier alpha value is -2.69. The highest BCUT2D eigenvalue weighted by molar-refractivity contribution is 6.01. The van der Waals surface area contributed by atoms with Crippen molar-refractivity contribution in [1.29, 1.82) is 0 Å². The van der Waals surface area contributed by atoms with Crippen LogP contribution in [0, 0.1) is 5.82 Å². The summed E-state index contributed by atoms with van der Waals surface area (Å²) < 4.78 is 17.5. The molecule has 0 aliphatic carbocycles. The minimum Gasteiger partial charge on any atom is -0.469 e. The first-order valence-corrected chi connectivity index (χ1v) is 7.27. The zero-order valence-corrected chi connectivity index (χ0v) is 12.8. The molecule has 0 aliphatic heterocycles. The number of nitrogens with one attached hydrogen (secondary N) is 1. The number of methoxy groups -OCH3 is 1. The van der Waals surface area contributed by atoms with Gasteiger partial charge in [0.1, 0.15) is 12.2 Å². The van der Waals surface area contributed by atoms with Crippen molar-refractivity contribution in [3.8, 4) is 0 Å². The highest BCUT2D eigenvalue weighted by Gasteiger charge is 2.09. The molecule has 2 rings (SSSR count). The number of carbonyl (C=O) groups excluding carboxylic acids is 2. The van der Waals surface area contributed by atoms with Gasteiger partial charge in [0, 0.05) is 5.69 Å². The molecule has 0 saturated heterocycles. The predicted molar refractivity (Wildman–Crippen MR) is 85.5 cm³/mol. The summed E-state index contributed by atoms with van der Waals surface area (Å²) >= 11 is 0. The van der Waals surface area contributed by atoms with Crippen LogP contribution in [0.5, 0.6) is 0 Å². The smallest absolute Gasteiger partial charge is 0.315 e. The van der Waals surface area contributed by atoms with Crippen LogP contribution in [0.25, 0.3) is 0 Å². The second-order valence-electron chi connectivity index (χ2n) is 5.13. The van der Waals surface area contributed by atoms with Gasteiger partial charge < -0.3 is 10.1 Å². The van der Waals surface area contributed by atoms with Crippen LogP contribution in [0.1, 0.15) is 17.5 Å². The van der Waals surface area contributed by atoms with E-state index in [0.717, 1.165) is 24.0 Å². The van der Waals surface area contributed by atoms with Gasteiger partial charge in [0.25, 0.3) is 0 Å². The number of aryl methyl sites for hydroxylation is 2. The lowest BCUT2D eigenvalue weighted by Gasteiger charge is -2.06. The van der Waals surface area contributed by atoms with Crippen LogP contribution in [0.3, 0.4) is 0 Å². The van der Waals surface area contributed by atoms with E-state index in [1.54, 1.807) is 18.2 Å². The Morgan fingerprint density at radius 1 is 1.04 bits per heavy atom. The maximum Gasteiger partial charge on any atom is 0.315 e. The van der Waals surface area contributed by atoms with Gasteiger partial charge >= 0.3 is 5.97 Å². The van der Waals surface area contributed by atoms with Crippen molar-refractivity contribution < 1.29 is 18.7 Å². The number of halogens is 1. The maximum atomic E-state index is 13.1. The van der Waals surface area contributed by atoms with Crippen molar-refractivity contribution in [2.45, 2.75) is 19.3 Å². The van der Waals surface area contributed by atoms with Gasteiger partial charge in [-0.15, -0.1) is 0 Å². The van der Waals surface area contributed by atoms with Crippen molar-refractivity contribution in [1.82, 2.24) is 0 Å². The van der Waals surface area contributed by atoms with Crippen LogP contribution in [0.4, 0.5) is 10.1 Å². The summed E-state index contributed by atoms with van der Waals surface area (Å²) in [7, 11) is 1.24. The molecule has 0 aromatic heterocycles. The molecule has 0 heterocycles. The van der Waals surface area contributed by atoms with Gasteiger partial charge in [0.2, 0.25) is 5.91 Å². The topological polar surface area (TPSA) is 55.4 Å². The minimum absolute atomic E-state index is 0.230. The fraction of sp³-hybridized carbons (Fsp3) is 0.222. The third-order valence-corrected chi connectivity index (χ3v) is 3.36. The van der Waals surface area contributed by atoms with Crippen molar-refractivity contribution in [2.24, 2.45) is 0 Å². The van der Waals surface area contributed by atoms with Gasteiger partial charge in [0.15, 0.2) is 0 Å². The average Bonchev–Trinajstić information content (AvgIpc) is 2.54. The molecule has 0 spiro atoms. The molecule has 0 aliphatic rings. The first kappa shape index (κ1) is 16.7. The largest absolute Gasteiger partial charge is 0.469 e. The van der Waals surface area contributed by atoms with Gasteiger partial charge in [-0.3, -0.25) is 9.59 Å². The van der Waals surface area contributed by atoms with Crippen molar-refractivity contribution in [2.75, 3.05) is 12.4 Å². The number of amides is 1. The van der Waals surface area contributed by atoms with Gasteiger partial charge in [-0.25, -0.2) is 4.39 Å². The number of carbonyl (C=O) groups is 2. The quantitative estimate of drug-likeness (QED) is 0.658. The lowest BCUT2D eigenvalue weighted by Crippen LogP contribution is -2.17. The number of anilines is 1. The van der Waals surface area contributed by atoms with Gasteiger partial charge in [0.05, 0.1) is 7.11 Å². The molecule has 23 heavy (non-hydrogen) atoms. The van der Waals surface area contributed by atoms with Crippen molar-refractivity contribution in [3.63, 3.8) is 0 Å². The average molecular weight is 315 g/mol. The van der Waals surface area contributed by atoms with E-state index < -0.39 is 11.9 Å². The Bertz CT molecular complexity index is 683. The Labute approximate surface area is 134 Å². The molecule has 1 amide bonds. The molecule has 0 unspecified atom stereocenters. The van der Waals surface area contributed by atoms with E-state index in [1.807, 2.05) is 18.2 Å². The third-order valence-electron chi connectivity index (χ3n) is 3.36. The molecule has 4 nitrogen and oxygen atoms in total. The van der Waals surface area contributed by atoms with Crippen LogP contribution in [0.15, 0.2) is 48.5 Å². The Balaban J connectivity index is 1.87. The molecule has 2 aromatic rings. The fourth-order valence-corrected chi connectivity index (χ4v) is 2.14. The second kappa shape index (κ2) is 8.08. The molecule has 0 saturated carbocycles. The number of rotatable bonds is 6. The van der Waals surface area contributed by atoms with Gasteiger partial charge in [-0.2, -0.15) is 0 Å². The summed E-state index contributed by atoms with van der Waals surface area (Å²) in [5.74, 6) is -1.22. The molecule has 0 bridgehead atoms. The molecule has 1 N–H and O–H groups in total. The van der Waals surface area contributed by atoms with Crippen LogP contribution in [-0.2, 0) is 27.2 Å². The van der Waals surface area contributed by atoms with Gasteiger partial charge in [-0.1, -0.05) is 24.3 Å². The lowest BCUT2D eigenvalue weighted by atomic mass is 10.0. The molecule has 0 atom stereocenters. The molecule has 2 aromatic carbocycles. The van der Waals surface area contributed by atoms with E-state index in [4.69, 9.17) is 0 Å². The highest BCUT2D eigenvalue weighted by atomic mass is 19.1. The first-order chi connectivity index (χ1) is 11.1. The van der Waals surface area contributed by atoms with Crippen molar-refractivity contribution in [3.05, 3.63) is 65.5 Å². The van der Waals surface area contributed by atoms with Crippen LogP contribution < -0.4 is 5.32 Å². The van der Waals surface area contributed by atoms with E-state index in [0.29, 0.717) is 5.69 Å². The Morgan fingerprint density at radius 3 is 2.39 bits per heavy atom. The van der Waals surface area contributed by atoms with E-state index in [1.165, 1.54) is 19.2 Å². The second-order valence-corrected chi connectivity index (χ2v) is 5.13. The maximum absolute atomic E-state index is 13.1. The van der Waals surface area contributed by atoms with Crippen LogP contribution >= 0.6 is 0 Å². The summed E-state index contributed by atoms with van der Waals surface area (Å²) in [5, 5.41) is 2.63. The number of esters is 1. The molecule has 120 valence electrons.